The van der Waals surface area contributed by atoms with Crippen molar-refractivity contribution in [3.8, 4) is 0 Å². The first kappa shape index (κ1) is 8.32. The number of para-hydroxylation sites is 1. The van der Waals surface area contributed by atoms with Crippen LogP contribution in [0.2, 0.25) is 0 Å². The number of nitrogen functional groups attached to an aromatic ring is 1. The predicted molar refractivity (Wildman–Crippen MR) is 52.1 cm³/mol. The van der Waals surface area contributed by atoms with Crippen LogP contribution in [-0.4, -0.2) is 5.91 Å². The van der Waals surface area contributed by atoms with Crippen molar-refractivity contribution >= 4 is 34.2 Å². The summed E-state index contributed by atoms with van der Waals surface area (Å²) < 4.78 is 0.846. The Morgan fingerprint density at radius 1 is 1.45 bits per heavy atom. The Morgan fingerprint density at radius 2 is 2.09 bits per heavy atom. The van der Waals surface area contributed by atoms with Crippen LogP contribution in [-0.2, 0) is 0 Å². The summed E-state index contributed by atoms with van der Waals surface area (Å²) in [7, 11) is 0. The fraction of sp³-hybridized carbons (Fsp3) is 0. The lowest BCUT2D eigenvalue weighted by molar-refractivity contribution is 0.100. The Kier molecular flexibility index (Phi) is 2.33. The molecule has 0 spiro atoms. The van der Waals surface area contributed by atoms with Crippen molar-refractivity contribution in [1.82, 2.24) is 0 Å². The van der Waals surface area contributed by atoms with Crippen molar-refractivity contribution in [2.75, 3.05) is 5.73 Å². The average Bonchev–Trinajstić information content (AvgIpc) is 1.94. The molecule has 0 radical (unpaired) electrons. The molecule has 0 bridgehead atoms. The average molecular weight is 262 g/mol. The molecule has 4 N–H and O–H groups in total. The number of halogens is 1. The molecule has 0 aliphatic carbocycles. The Labute approximate surface area is 77.9 Å². The van der Waals surface area contributed by atoms with Gasteiger partial charge in [0.1, 0.15) is 0 Å². The second-order valence-electron chi connectivity index (χ2n) is 2.07. The van der Waals surface area contributed by atoms with Gasteiger partial charge in [-0.1, -0.05) is 6.07 Å². The van der Waals surface area contributed by atoms with Gasteiger partial charge in [-0.05, 0) is 34.7 Å². The van der Waals surface area contributed by atoms with E-state index >= 15 is 0 Å². The SMILES string of the molecule is NC(=O)c1cccc(I)c1N. The van der Waals surface area contributed by atoms with E-state index in [1.54, 1.807) is 12.1 Å². The molecule has 0 fully saturated rings. The summed E-state index contributed by atoms with van der Waals surface area (Å²) in [5, 5.41) is 0. The van der Waals surface area contributed by atoms with Crippen molar-refractivity contribution in [3.05, 3.63) is 27.3 Å². The lowest BCUT2D eigenvalue weighted by Gasteiger charge is -2.01. The Balaban J connectivity index is 3.27. The first-order chi connectivity index (χ1) is 5.13. The molecule has 0 aliphatic rings. The molecule has 3 nitrogen and oxygen atoms in total. The molecule has 1 aromatic carbocycles. The predicted octanol–water partition coefficient (Wildman–Crippen LogP) is 0.972. The zero-order chi connectivity index (χ0) is 8.43. The number of anilines is 1. The lowest BCUT2D eigenvalue weighted by Crippen LogP contribution is -2.13. The van der Waals surface area contributed by atoms with Crippen molar-refractivity contribution in [3.63, 3.8) is 0 Å². The van der Waals surface area contributed by atoms with E-state index in [0.717, 1.165) is 3.57 Å². The zero-order valence-electron chi connectivity index (χ0n) is 5.67. The van der Waals surface area contributed by atoms with E-state index in [1.807, 2.05) is 6.07 Å². The third-order valence-electron chi connectivity index (χ3n) is 1.32. The maximum atomic E-state index is 10.7. The largest absolute Gasteiger partial charge is 0.397 e. The molecule has 1 aromatic rings. The molecule has 0 heterocycles. The van der Waals surface area contributed by atoms with E-state index in [0.29, 0.717) is 11.3 Å². The van der Waals surface area contributed by atoms with Gasteiger partial charge >= 0.3 is 0 Å². The fourth-order valence-corrected chi connectivity index (χ4v) is 1.25. The van der Waals surface area contributed by atoms with Crippen LogP contribution in [0.1, 0.15) is 10.4 Å². The van der Waals surface area contributed by atoms with Gasteiger partial charge in [0.2, 0.25) is 0 Å². The minimum absolute atomic E-state index is 0.386. The molecule has 11 heavy (non-hydrogen) atoms. The van der Waals surface area contributed by atoms with Gasteiger partial charge in [0.05, 0.1) is 11.3 Å². The molecule has 0 saturated carbocycles. The number of carbonyl (C=O) groups excluding carboxylic acids is 1. The van der Waals surface area contributed by atoms with E-state index in [2.05, 4.69) is 22.6 Å². The molecule has 58 valence electrons. The summed E-state index contributed by atoms with van der Waals surface area (Å²) in [6, 6.07) is 5.18. The highest BCUT2D eigenvalue weighted by Gasteiger charge is 2.06. The molecule has 0 saturated heterocycles. The summed E-state index contributed by atoms with van der Waals surface area (Å²) in [5.41, 5.74) is 11.5. The van der Waals surface area contributed by atoms with Gasteiger partial charge in [-0.3, -0.25) is 4.79 Å². The Hall–Kier alpha value is -0.780. The Morgan fingerprint density at radius 3 is 2.55 bits per heavy atom. The summed E-state index contributed by atoms with van der Waals surface area (Å²) in [5.74, 6) is -0.485. The van der Waals surface area contributed by atoms with Gasteiger partial charge in [0.25, 0.3) is 5.91 Å². The van der Waals surface area contributed by atoms with Gasteiger partial charge in [0.15, 0.2) is 0 Å². The monoisotopic (exact) mass is 262 g/mol. The third kappa shape index (κ3) is 1.62. The van der Waals surface area contributed by atoms with Crippen molar-refractivity contribution in [2.24, 2.45) is 5.73 Å². The summed E-state index contributed by atoms with van der Waals surface area (Å²) in [6.07, 6.45) is 0. The van der Waals surface area contributed by atoms with Crippen LogP contribution in [0.15, 0.2) is 18.2 Å². The Bertz CT molecular complexity index is 298. The van der Waals surface area contributed by atoms with Gasteiger partial charge in [-0.2, -0.15) is 0 Å². The van der Waals surface area contributed by atoms with E-state index in [-0.39, 0.29) is 0 Å². The normalized spacial score (nSPS) is 9.55. The minimum Gasteiger partial charge on any atom is -0.397 e. The van der Waals surface area contributed by atoms with Crippen LogP contribution in [0.3, 0.4) is 0 Å². The second kappa shape index (κ2) is 3.08. The molecular formula is C7H7IN2O. The first-order valence-corrected chi connectivity index (χ1v) is 4.04. The standard InChI is InChI=1S/C7H7IN2O/c8-5-3-1-2-4(6(5)9)7(10)11/h1-3H,9H2,(H2,10,11). The highest BCUT2D eigenvalue weighted by Crippen LogP contribution is 2.18. The maximum absolute atomic E-state index is 10.7. The number of nitrogens with two attached hydrogens (primary N) is 2. The van der Waals surface area contributed by atoms with Crippen LogP contribution in [0, 0.1) is 3.57 Å². The molecule has 0 aromatic heterocycles. The number of primary amides is 1. The summed E-state index contributed by atoms with van der Waals surface area (Å²) in [6.45, 7) is 0. The van der Waals surface area contributed by atoms with E-state index in [4.69, 9.17) is 11.5 Å². The van der Waals surface area contributed by atoms with Crippen LogP contribution in [0.25, 0.3) is 0 Å². The van der Waals surface area contributed by atoms with Crippen molar-refractivity contribution in [1.29, 1.82) is 0 Å². The maximum Gasteiger partial charge on any atom is 0.250 e. The molecule has 1 amide bonds. The van der Waals surface area contributed by atoms with E-state index in [1.165, 1.54) is 0 Å². The highest BCUT2D eigenvalue weighted by molar-refractivity contribution is 14.1. The second-order valence-corrected chi connectivity index (χ2v) is 3.23. The van der Waals surface area contributed by atoms with Gasteiger partial charge < -0.3 is 11.5 Å². The van der Waals surface area contributed by atoms with Crippen molar-refractivity contribution < 1.29 is 4.79 Å². The molecule has 1 rings (SSSR count). The van der Waals surface area contributed by atoms with Crippen LogP contribution in [0.4, 0.5) is 5.69 Å². The quantitative estimate of drug-likeness (QED) is 0.585. The third-order valence-corrected chi connectivity index (χ3v) is 2.26. The molecule has 4 heteroatoms. The van der Waals surface area contributed by atoms with E-state index in [9.17, 15) is 4.79 Å². The van der Waals surface area contributed by atoms with Gasteiger partial charge in [0, 0.05) is 3.57 Å². The van der Waals surface area contributed by atoms with Crippen LogP contribution < -0.4 is 11.5 Å². The highest BCUT2D eigenvalue weighted by atomic mass is 127. The first-order valence-electron chi connectivity index (χ1n) is 2.96. The number of benzene rings is 1. The van der Waals surface area contributed by atoms with Crippen LogP contribution >= 0.6 is 22.6 Å². The van der Waals surface area contributed by atoms with E-state index < -0.39 is 5.91 Å². The lowest BCUT2D eigenvalue weighted by atomic mass is 10.2. The number of rotatable bonds is 1. The number of amides is 1. The number of carbonyl (C=O) groups is 1. The fourth-order valence-electron chi connectivity index (χ4n) is 0.752. The molecule has 0 atom stereocenters. The zero-order valence-corrected chi connectivity index (χ0v) is 7.83. The van der Waals surface area contributed by atoms with Gasteiger partial charge in [-0.25, -0.2) is 0 Å². The summed E-state index contributed by atoms with van der Waals surface area (Å²) >= 11 is 2.05. The number of hydrogen-bond acceptors (Lipinski definition) is 2. The minimum atomic E-state index is -0.485. The molecular weight excluding hydrogens is 255 g/mol. The number of hydrogen-bond donors (Lipinski definition) is 2. The van der Waals surface area contributed by atoms with Gasteiger partial charge in [-0.15, -0.1) is 0 Å². The topological polar surface area (TPSA) is 69.1 Å². The molecule has 0 aliphatic heterocycles. The smallest absolute Gasteiger partial charge is 0.250 e. The summed E-state index contributed by atoms with van der Waals surface area (Å²) in [4.78, 5) is 10.7. The van der Waals surface area contributed by atoms with Crippen LogP contribution in [0.5, 0.6) is 0 Å². The molecule has 0 unspecified atom stereocenters. The van der Waals surface area contributed by atoms with Crippen molar-refractivity contribution in [2.45, 2.75) is 0 Å².